The standard InChI is InChI=1S/C16H22BrNOS/c1-12-10-13(2-3-15(12)17)18-14-4-7-19-16(11-14)5-8-20-9-6-16/h2-3,10,14,18H,4-9,11H2,1H3. The molecule has 0 radical (unpaired) electrons. The lowest BCUT2D eigenvalue weighted by atomic mass is 9.85. The monoisotopic (exact) mass is 355 g/mol. The molecular formula is C16H22BrNOS. The van der Waals surface area contributed by atoms with Gasteiger partial charge in [-0.2, -0.15) is 11.8 Å². The zero-order valence-corrected chi connectivity index (χ0v) is 14.4. The van der Waals surface area contributed by atoms with E-state index in [1.54, 1.807) is 0 Å². The van der Waals surface area contributed by atoms with Crippen molar-refractivity contribution in [2.45, 2.75) is 44.2 Å². The second-order valence-electron chi connectivity index (χ2n) is 5.94. The third kappa shape index (κ3) is 3.34. The second kappa shape index (κ2) is 6.29. The minimum absolute atomic E-state index is 0.158. The minimum Gasteiger partial charge on any atom is -0.382 e. The first-order valence-electron chi connectivity index (χ1n) is 7.41. The van der Waals surface area contributed by atoms with Gasteiger partial charge in [-0.15, -0.1) is 0 Å². The molecule has 2 aliphatic rings. The van der Waals surface area contributed by atoms with Gasteiger partial charge in [-0.3, -0.25) is 0 Å². The lowest BCUT2D eigenvalue weighted by Crippen LogP contribution is -2.46. The lowest BCUT2D eigenvalue weighted by Gasteiger charge is -2.43. The van der Waals surface area contributed by atoms with E-state index in [4.69, 9.17) is 4.74 Å². The van der Waals surface area contributed by atoms with Crippen LogP contribution in [0.3, 0.4) is 0 Å². The van der Waals surface area contributed by atoms with E-state index in [0.29, 0.717) is 6.04 Å². The normalized spacial score (nSPS) is 25.6. The molecule has 2 fully saturated rings. The summed E-state index contributed by atoms with van der Waals surface area (Å²) < 4.78 is 7.33. The van der Waals surface area contributed by atoms with Gasteiger partial charge in [-0.05, 0) is 67.9 Å². The van der Waals surface area contributed by atoms with Crippen LogP contribution in [0.25, 0.3) is 0 Å². The molecule has 2 heterocycles. The van der Waals surface area contributed by atoms with Crippen LogP contribution in [0.4, 0.5) is 5.69 Å². The molecule has 2 nitrogen and oxygen atoms in total. The van der Waals surface area contributed by atoms with E-state index in [9.17, 15) is 0 Å². The van der Waals surface area contributed by atoms with Crippen molar-refractivity contribution < 1.29 is 4.74 Å². The van der Waals surface area contributed by atoms with Crippen LogP contribution in [0.15, 0.2) is 22.7 Å². The maximum Gasteiger partial charge on any atom is 0.0717 e. The molecule has 3 rings (SSSR count). The molecule has 0 amide bonds. The van der Waals surface area contributed by atoms with E-state index in [2.05, 4.69) is 58.1 Å². The molecule has 1 unspecified atom stereocenters. The van der Waals surface area contributed by atoms with Crippen molar-refractivity contribution in [1.29, 1.82) is 0 Å². The van der Waals surface area contributed by atoms with Crippen LogP contribution >= 0.6 is 27.7 Å². The SMILES string of the molecule is Cc1cc(NC2CCOC3(CCSCC3)C2)ccc1Br. The molecule has 0 bridgehead atoms. The van der Waals surface area contributed by atoms with Gasteiger partial charge in [0.05, 0.1) is 5.60 Å². The number of thioether (sulfide) groups is 1. The van der Waals surface area contributed by atoms with Gasteiger partial charge in [0.2, 0.25) is 0 Å². The van der Waals surface area contributed by atoms with Gasteiger partial charge < -0.3 is 10.1 Å². The van der Waals surface area contributed by atoms with Crippen molar-refractivity contribution >= 4 is 33.4 Å². The van der Waals surface area contributed by atoms with Gasteiger partial charge in [-0.25, -0.2) is 0 Å². The van der Waals surface area contributed by atoms with E-state index in [-0.39, 0.29) is 5.60 Å². The Bertz CT molecular complexity index is 468. The molecular weight excluding hydrogens is 334 g/mol. The number of aryl methyl sites for hydroxylation is 1. The molecule has 20 heavy (non-hydrogen) atoms. The van der Waals surface area contributed by atoms with Crippen LogP contribution in [0.2, 0.25) is 0 Å². The molecule has 1 spiro atoms. The zero-order valence-electron chi connectivity index (χ0n) is 12.0. The Morgan fingerprint density at radius 1 is 1.35 bits per heavy atom. The fourth-order valence-electron chi connectivity index (χ4n) is 3.21. The highest BCUT2D eigenvalue weighted by Gasteiger charge is 2.38. The first-order chi connectivity index (χ1) is 9.67. The Morgan fingerprint density at radius 3 is 2.90 bits per heavy atom. The van der Waals surface area contributed by atoms with Gasteiger partial charge >= 0.3 is 0 Å². The summed E-state index contributed by atoms with van der Waals surface area (Å²) in [7, 11) is 0. The molecule has 1 aromatic rings. The highest BCUT2D eigenvalue weighted by atomic mass is 79.9. The number of nitrogens with one attached hydrogen (secondary N) is 1. The van der Waals surface area contributed by atoms with Gasteiger partial charge in [0, 0.05) is 22.8 Å². The number of hydrogen-bond acceptors (Lipinski definition) is 3. The number of ether oxygens (including phenoxy) is 1. The van der Waals surface area contributed by atoms with Gasteiger partial charge in [0.1, 0.15) is 0 Å². The predicted molar refractivity (Wildman–Crippen MR) is 90.8 cm³/mol. The maximum absolute atomic E-state index is 6.16. The largest absolute Gasteiger partial charge is 0.382 e. The molecule has 0 saturated carbocycles. The Kier molecular flexibility index (Phi) is 4.63. The third-order valence-electron chi connectivity index (χ3n) is 4.43. The predicted octanol–water partition coefficient (Wildman–Crippen LogP) is 4.61. The van der Waals surface area contributed by atoms with Gasteiger partial charge in [0.15, 0.2) is 0 Å². The summed E-state index contributed by atoms with van der Waals surface area (Å²) in [6.45, 7) is 3.04. The van der Waals surface area contributed by atoms with Crippen LogP contribution in [0, 0.1) is 6.92 Å². The summed E-state index contributed by atoms with van der Waals surface area (Å²) >= 11 is 5.63. The van der Waals surface area contributed by atoms with Crippen molar-refractivity contribution in [3.8, 4) is 0 Å². The maximum atomic E-state index is 6.16. The van der Waals surface area contributed by atoms with E-state index in [0.717, 1.165) is 19.4 Å². The lowest BCUT2D eigenvalue weighted by molar-refractivity contribution is -0.0865. The summed E-state index contributed by atoms with van der Waals surface area (Å²) in [6.07, 6.45) is 4.71. The summed E-state index contributed by atoms with van der Waals surface area (Å²) in [5, 5.41) is 3.71. The first kappa shape index (κ1) is 14.7. The van der Waals surface area contributed by atoms with Crippen LogP contribution < -0.4 is 5.32 Å². The molecule has 0 aromatic heterocycles. The molecule has 1 N–H and O–H groups in total. The molecule has 2 aliphatic heterocycles. The fraction of sp³-hybridized carbons (Fsp3) is 0.625. The number of anilines is 1. The van der Waals surface area contributed by atoms with Crippen molar-refractivity contribution in [3.63, 3.8) is 0 Å². The average Bonchev–Trinajstić information content (AvgIpc) is 2.44. The van der Waals surface area contributed by atoms with Crippen molar-refractivity contribution in [2.75, 3.05) is 23.4 Å². The van der Waals surface area contributed by atoms with E-state index in [1.807, 2.05) is 0 Å². The fourth-order valence-corrected chi connectivity index (χ4v) is 4.70. The minimum atomic E-state index is 0.158. The number of halogens is 1. The summed E-state index contributed by atoms with van der Waals surface area (Å²) in [5.74, 6) is 2.51. The third-order valence-corrected chi connectivity index (χ3v) is 6.30. The Hall–Kier alpha value is -0.190. The Morgan fingerprint density at radius 2 is 2.15 bits per heavy atom. The quantitative estimate of drug-likeness (QED) is 0.836. The van der Waals surface area contributed by atoms with E-state index in [1.165, 1.54) is 40.1 Å². The van der Waals surface area contributed by atoms with Crippen LogP contribution in [0.1, 0.15) is 31.2 Å². The van der Waals surface area contributed by atoms with Crippen LogP contribution in [0.5, 0.6) is 0 Å². The molecule has 2 saturated heterocycles. The highest BCUT2D eigenvalue weighted by Crippen LogP contribution is 2.38. The number of benzene rings is 1. The summed E-state index contributed by atoms with van der Waals surface area (Å²) in [4.78, 5) is 0. The van der Waals surface area contributed by atoms with Crippen molar-refractivity contribution in [3.05, 3.63) is 28.2 Å². The molecule has 1 atom stereocenters. The van der Waals surface area contributed by atoms with Gasteiger partial charge in [-0.1, -0.05) is 15.9 Å². The van der Waals surface area contributed by atoms with Crippen molar-refractivity contribution in [2.24, 2.45) is 0 Å². The Balaban J connectivity index is 1.66. The molecule has 0 aliphatic carbocycles. The molecule has 110 valence electrons. The summed E-state index contributed by atoms with van der Waals surface area (Å²) in [6, 6.07) is 7.07. The zero-order chi connectivity index (χ0) is 14.0. The van der Waals surface area contributed by atoms with Crippen molar-refractivity contribution in [1.82, 2.24) is 0 Å². The van der Waals surface area contributed by atoms with Crippen LogP contribution in [-0.4, -0.2) is 29.8 Å². The van der Waals surface area contributed by atoms with E-state index < -0.39 is 0 Å². The van der Waals surface area contributed by atoms with Gasteiger partial charge in [0.25, 0.3) is 0 Å². The number of rotatable bonds is 2. The summed E-state index contributed by atoms with van der Waals surface area (Å²) in [5.41, 5.74) is 2.68. The topological polar surface area (TPSA) is 21.3 Å². The average molecular weight is 356 g/mol. The highest BCUT2D eigenvalue weighted by molar-refractivity contribution is 9.10. The van der Waals surface area contributed by atoms with Crippen LogP contribution in [-0.2, 0) is 4.74 Å². The number of hydrogen-bond donors (Lipinski definition) is 1. The first-order valence-corrected chi connectivity index (χ1v) is 9.36. The smallest absolute Gasteiger partial charge is 0.0717 e. The van der Waals surface area contributed by atoms with E-state index >= 15 is 0 Å². The molecule has 4 heteroatoms. The molecule has 1 aromatic carbocycles. The second-order valence-corrected chi connectivity index (χ2v) is 8.02. The Labute approximate surface area is 134 Å².